The molecule has 0 aromatic heterocycles. The normalized spacial score (nSPS) is 25.0. The van der Waals surface area contributed by atoms with E-state index in [4.69, 9.17) is 9.47 Å². The highest BCUT2D eigenvalue weighted by atomic mass is 16.5. The minimum absolute atomic E-state index is 0.0746. The third kappa shape index (κ3) is 4.31. The molecule has 0 unspecified atom stereocenters. The van der Waals surface area contributed by atoms with Crippen molar-refractivity contribution >= 4 is 5.91 Å². The fourth-order valence-electron chi connectivity index (χ4n) is 4.06. The van der Waals surface area contributed by atoms with Crippen molar-refractivity contribution in [1.82, 2.24) is 10.2 Å². The molecule has 0 bridgehead atoms. The molecule has 2 aromatic rings. The lowest BCUT2D eigenvalue weighted by Crippen LogP contribution is -2.43. The van der Waals surface area contributed by atoms with Gasteiger partial charge in [-0.1, -0.05) is 42.5 Å². The van der Waals surface area contributed by atoms with Crippen molar-refractivity contribution in [2.24, 2.45) is 0 Å². The van der Waals surface area contributed by atoms with Gasteiger partial charge in [0.2, 0.25) is 5.91 Å². The first kappa shape index (κ1) is 18.0. The molecule has 2 saturated heterocycles. The summed E-state index contributed by atoms with van der Waals surface area (Å²) in [5.74, 6) is 0.880. The van der Waals surface area contributed by atoms with Crippen LogP contribution >= 0.6 is 0 Å². The molecule has 0 spiro atoms. The Hall–Kier alpha value is -2.37. The second-order valence-electron chi connectivity index (χ2n) is 7.37. The van der Waals surface area contributed by atoms with Gasteiger partial charge in [-0.3, -0.25) is 9.69 Å². The highest BCUT2D eigenvalue weighted by Gasteiger charge is 2.38. The van der Waals surface area contributed by atoms with Crippen LogP contribution in [0.3, 0.4) is 0 Å². The summed E-state index contributed by atoms with van der Waals surface area (Å²) >= 11 is 0. The number of methoxy groups -OCH3 is 1. The topological polar surface area (TPSA) is 50.8 Å². The number of nitrogens with one attached hydrogen (secondary N) is 1. The Morgan fingerprint density at radius 3 is 2.67 bits per heavy atom. The second kappa shape index (κ2) is 8.11. The number of hydrogen-bond acceptors (Lipinski definition) is 4. The number of carbonyl (C=O) groups is 1. The van der Waals surface area contributed by atoms with Crippen LogP contribution in [0.15, 0.2) is 54.6 Å². The molecular weight excluding hydrogens is 340 g/mol. The minimum Gasteiger partial charge on any atom is -0.497 e. The van der Waals surface area contributed by atoms with Crippen LogP contribution in [-0.2, 0) is 16.0 Å². The Kier molecular flexibility index (Phi) is 5.41. The van der Waals surface area contributed by atoms with Gasteiger partial charge < -0.3 is 14.8 Å². The Morgan fingerprint density at radius 1 is 1.15 bits per heavy atom. The molecule has 1 amide bonds. The van der Waals surface area contributed by atoms with E-state index in [1.807, 2.05) is 30.3 Å². The summed E-state index contributed by atoms with van der Waals surface area (Å²) in [6, 6.07) is 18.6. The van der Waals surface area contributed by atoms with Crippen molar-refractivity contribution in [3.63, 3.8) is 0 Å². The van der Waals surface area contributed by atoms with E-state index in [1.165, 1.54) is 5.56 Å². The average Bonchev–Trinajstić information content (AvgIpc) is 3.10. The minimum atomic E-state index is 0.0746. The predicted octanol–water partition coefficient (Wildman–Crippen LogP) is 2.57. The molecule has 5 heteroatoms. The molecule has 0 radical (unpaired) electrons. The number of fused-ring (bicyclic) bond motifs is 1. The SMILES string of the molecule is COc1ccc(CC(=O)N[C@@H]2C[C@H]3CO[C@@H](c4ccccc4)CN3C2)cc1. The van der Waals surface area contributed by atoms with Gasteiger partial charge in [0.15, 0.2) is 0 Å². The summed E-state index contributed by atoms with van der Waals surface area (Å²) in [6.45, 7) is 2.51. The number of benzene rings is 2. The third-order valence-corrected chi connectivity index (χ3v) is 5.48. The Morgan fingerprint density at radius 2 is 1.93 bits per heavy atom. The molecule has 2 aliphatic rings. The zero-order chi connectivity index (χ0) is 18.6. The summed E-state index contributed by atoms with van der Waals surface area (Å²) < 4.78 is 11.2. The maximum absolute atomic E-state index is 12.4. The van der Waals surface area contributed by atoms with Crippen LogP contribution in [0.5, 0.6) is 5.75 Å². The van der Waals surface area contributed by atoms with Gasteiger partial charge in [-0.2, -0.15) is 0 Å². The van der Waals surface area contributed by atoms with Crippen LogP contribution < -0.4 is 10.1 Å². The number of hydrogen-bond donors (Lipinski definition) is 1. The number of ether oxygens (including phenoxy) is 2. The van der Waals surface area contributed by atoms with E-state index >= 15 is 0 Å². The lowest BCUT2D eigenvalue weighted by Gasteiger charge is -2.35. The largest absolute Gasteiger partial charge is 0.497 e. The van der Waals surface area contributed by atoms with Crippen LogP contribution in [0.2, 0.25) is 0 Å². The average molecular weight is 366 g/mol. The first-order valence-corrected chi connectivity index (χ1v) is 9.54. The fraction of sp³-hybridized carbons (Fsp3) is 0.409. The number of rotatable bonds is 5. The van der Waals surface area contributed by atoms with Crippen LogP contribution in [-0.4, -0.2) is 49.7 Å². The summed E-state index contributed by atoms with van der Waals surface area (Å²) in [4.78, 5) is 14.9. The number of amides is 1. The quantitative estimate of drug-likeness (QED) is 0.884. The first-order valence-electron chi connectivity index (χ1n) is 9.54. The van der Waals surface area contributed by atoms with E-state index < -0.39 is 0 Å². The van der Waals surface area contributed by atoms with Gasteiger partial charge in [0, 0.05) is 25.2 Å². The Bertz CT molecular complexity index is 763. The van der Waals surface area contributed by atoms with Crippen molar-refractivity contribution in [3.8, 4) is 5.75 Å². The van der Waals surface area contributed by atoms with E-state index in [2.05, 4.69) is 34.5 Å². The molecule has 27 heavy (non-hydrogen) atoms. The lowest BCUT2D eigenvalue weighted by atomic mass is 10.1. The number of nitrogens with zero attached hydrogens (tertiary/aromatic N) is 1. The van der Waals surface area contributed by atoms with Gasteiger partial charge in [0.25, 0.3) is 0 Å². The van der Waals surface area contributed by atoms with Gasteiger partial charge in [0.1, 0.15) is 5.75 Å². The third-order valence-electron chi connectivity index (χ3n) is 5.48. The van der Waals surface area contributed by atoms with E-state index in [0.29, 0.717) is 12.5 Å². The molecule has 5 nitrogen and oxygen atoms in total. The van der Waals surface area contributed by atoms with E-state index in [1.54, 1.807) is 7.11 Å². The van der Waals surface area contributed by atoms with Crippen molar-refractivity contribution in [1.29, 1.82) is 0 Å². The van der Waals surface area contributed by atoms with Crippen LogP contribution in [0, 0.1) is 0 Å². The zero-order valence-corrected chi connectivity index (χ0v) is 15.6. The summed E-state index contributed by atoms with van der Waals surface area (Å²) in [6.07, 6.45) is 1.47. The van der Waals surface area contributed by atoms with Gasteiger partial charge in [0.05, 0.1) is 26.2 Å². The molecule has 4 rings (SSSR count). The van der Waals surface area contributed by atoms with Gasteiger partial charge in [-0.25, -0.2) is 0 Å². The molecule has 0 aliphatic carbocycles. The Balaban J connectivity index is 1.29. The molecule has 3 atom stereocenters. The van der Waals surface area contributed by atoms with Crippen molar-refractivity contribution in [2.75, 3.05) is 26.8 Å². The maximum Gasteiger partial charge on any atom is 0.224 e. The standard InChI is InChI=1S/C22H26N2O3/c1-26-20-9-7-16(8-10-20)11-22(25)23-18-12-19-15-27-21(14-24(19)13-18)17-5-3-2-4-6-17/h2-10,18-19,21H,11-15H2,1H3,(H,23,25)/t18-,19+,21-/m1/s1. The molecule has 2 aromatic carbocycles. The van der Waals surface area contributed by atoms with E-state index in [0.717, 1.165) is 37.4 Å². The van der Waals surface area contributed by atoms with E-state index in [9.17, 15) is 4.79 Å². The maximum atomic E-state index is 12.4. The van der Waals surface area contributed by atoms with Gasteiger partial charge in [-0.05, 0) is 29.7 Å². The smallest absolute Gasteiger partial charge is 0.224 e. The number of morpholine rings is 1. The second-order valence-corrected chi connectivity index (χ2v) is 7.37. The summed E-state index contributed by atoms with van der Waals surface area (Å²) in [7, 11) is 1.64. The van der Waals surface area contributed by atoms with Crippen molar-refractivity contribution in [3.05, 3.63) is 65.7 Å². The molecule has 1 N–H and O–H groups in total. The van der Waals surface area contributed by atoms with Gasteiger partial charge in [-0.15, -0.1) is 0 Å². The van der Waals surface area contributed by atoms with Crippen molar-refractivity contribution < 1.29 is 14.3 Å². The van der Waals surface area contributed by atoms with Gasteiger partial charge >= 0.3 is 0 Å². The number of carbonyl (C=O) groups excluding carboxylic acids is 1. The molecule has 2 aliphatic heterocycles. The van der Waals surface area contributed by atoms with Crippen molar-refractivity contribution in [2.45, 2.75) is 31.0 Å². The summed E-state index contributed by atoms with van der Waals surface area (Å²) in [5.41, 5.74) is 2.22. The molecule has 0 saturated carbocycles. The fourth-order valence-corrected chi connectivity index (χ4v) is 4.06. The highest BCUT2D eigenvalue weighted by Crippen LogP contribution is 2.30. The lowest BCUT2D eigenvalue weighted by molar-refractivity contribution is -0.121. The summed E-state index contributed by atoms with van der Waals surface area (Å²) in [5, 5.41) is 3.20. The zero-order valence-electron chi connectivity index (χ0n) is 15.6. The molecule has 142 valence electrons. The molecular formula is C22H26N2O3. The van der Waals surface area contributed by atoms with Crippen LogP contribution in [0.25, 0.3) is 0 Å². The Labute approximate surface area is 160 Å². The van der Waals surface area contributed by atoms with Crippen LogP contribution in [0.4, 0.5) is 0 Å². The molecule has 2 heterocycles. The highest BCUT2D eigenvalue weighted by molar-refractivity contribution is 5.79. The monoisotopic (exact) mass is 366 g/mol. The first-order chi connectivity index (χ1) is 13.2. The van der Waals surface area contributed by atoms with E-state index in [-0.39, 0.29) is 18.1 Å². The molecule has 2 fully saturated rings. The van der Waals surface area contributed by atoms with Crippen LogP contribution in [0.1, 0.15) is 23.7 Å². The predicted molar refractivity (Wildman–Crippen MR) is 104 cm³/mol.